The molecule has 0 spiro atoms. The summed E-state index contributed by atoms with van der Waals surface area (Å²) in [7, 11) is 0. The van der Waals surface area contributed by atoms with Gasteiger partial charge in [-0.3, -0.25) is 0 Å². The maximum atomic E-state index is 13.2. The van der Waals surface area contributed by atoms with Crippen LogP contribution < -0.4 is 0 Å². The van der Waals surface area contributed by atoms with Crippen LogP contribution in [0.15, 0.2) is 28.7 Å². The molecule has 0 aliphatic rings. The molecule has 66 valence electrons. The van der Waals surface area contributed by atoms with E-state index >= 15 is 0 Å². The van der Waals surface area contributed by atoms with Gasteiger partial charge < -0.3 is 0 Å². The summed E-state index contributed by atoms with van der Waals surface area (Å²) in [6, 6.07) is 6.37. The molecule has 0 amide bonds. The zero-order chi connectivity index (χ0) is 9.42. The molecule has 4 heteroatoms. The molecule has 0 unspecified atom stereocenters. The van der Waals surface area contributed by atoms with E-state index in [4.69, 9.17) is 11.6 Å². The Morgan fingerprint density at radius 3 is 2.77 bits per heavy atom. The van der Waals surface area contributed by atoms with E-state index in [1.165, 1.54) is 6.07 Å². The van der Waals surface area contributed by atoms with Crippen LogP contribution in [0.25, 0.3) is 10.9 Å². The molecule has 0 atom stereocenters. The van der Waals surface area contributed by atoms with Gasteiger partial charge in [0.15, 0.2) is 0 Å². The minimum absolute atomic E-state index is 0.293. The summed E-state index contributed by atoms with van der Waals surface area (Å²) >= 11 is 8.96. The van der Waals surface area contributed by atoms with Gasteiger partial charge >= 0.3 is 0 Å². The molecule has 0 N–H and O–H groups in total. The summed E-state index contributed by atoms with van der Waals surface area (Å²) in [5.41, 5.74) is 0.293. The van der Waals surface area contributed by atoms with Gasteiger partial charge in [-0.2, -0.15) is 0 Å². The lowest BCUT2D eigenvalue weighted by Crippen LogP contribution is -1.85. The normalized spacial score (nSPS) is 10.7. The van der Waals surface area contributed by atoms with E-state index in [1.54, 1.807) is 18.2 Å². The molecule has 2 aromatic rings. The molecule has 13 heavy (non-hydrogen) atoms. The van der Waals surface area contributed by atoms with Crippen molar-refractivity contribution < 1.29 is 4.39 Å². The Hall–Kier alpha value is -0.670. The second kappa shape index (κ2) is 3.24. The lowest BCUT2D eigenvalue weighted by Gasteiger charge is -2.00. The van der Waals surface area contributed by atoms with Gasteiger partial charge in [0.05, 0.1) is 0 Å². The number of aromatic nitrogens is 1. The maximum Gasteiger partial charge on any atom is 0.149 e. The predicted molar refractivity (Wildman–Crippen MR) is 54.4 cm³/mol. The number of benzene rings is 1. The second-order valence-corrected chi connectivity index (χ2v) is 3.80. The first-order valence-corrected chi connectivity index (χ1v) is 4.76. The fourth-order valence-electron chi connectivity index (χ4n) is 1.13. The molecule has 0 bridgehead atoms. The van der Waals surface area contributed by atoms with Crippen molar-refractivity contribution in [1.82, 2.24) is 4.98 Å². The Balaban J connectivity index is 2.92. The van der Waals surface area contributed by atoms with Crippen LogP contribution in [0.1, 0.15) is 0 Å². The van der Waals surface area contributed by atoms with Crippen molar-refractivity contribution in [2.45, 2.75) is 0 Å². The van der Waals surface area contributed by atoms with Crippen LogP contribution in [0, 0.1) is 5.82 Å². The van der Waals surface area contributed by atoms with Crippen LogP contribution in [0.4, 0.5) is 4.39 Å². The highest BCUT2D eigenvalue weighted by molar-refractivity contribution is 9.10. The Kier molecular flexibility index (Phi) is 2.22. The lowest BCUT2D eigenvalue weighted by atomic mass is 10.2. The van der Waals surface area contributed by atoms with Crippen molar-refractivity contribution in [3.8, 4) is 0 Å². The molecular formula is C9H4BrClFN. The van der Waals surface area contributed by atoms with Crippen LogP contribution in [0.2, 0.25) is 5.15 Å². The summed E-state index contributed by atoms with van der Waals surface area (Å²) in [6.45, 7) is 0. The fourth-order valence-corrected chi connectivity index (χ4v) is 1.72. The van der Waals surface area contributed by atoms with E-state index in [-0.39, 0.29) is 5.82 Å². The fraction of sp³-hybridized carbons (Fsp3) is 0. The first-order chi connectivity index (χ1) is 6.18. The average molecular weight is 260 g/mol. The lowest BCUT2D eigenvalue weighted by molar-refractivity contribution is 0.636. The summed E-state index contributed by atoms with van der Waals surface area (Å²) in [5, 5.41) is 1.02. The topological polar surface area (TPSA) is 12.9 Å². The van der Waals surface area contributed by atoms with Crippen LogP contribution in [0.5, 0.6) is 0 Å². The highest BCUT2D eigenvalue weighted by Gasteiger charge is 2.05. The summed E-state index contributed by atoms with van der Waals surface area (Å²) in [5.74, 6) is -0.360. The van der Waals surface area contributed by atoms with Gasteiger partial charge in [-0.25, -0.2) is 9.37 Å². The van der Waals surface area contributed by atoms with Gasteiger partial charge in [0, 0.05) is 9.86 Å². The standard InChI is InChI=1S/C9H4BrClFN/c10-6-2-3-7(12)9-5(6)1-4-8(11)13-9/h1-4H. The van der Waals surface area contributed by atoms with E-state index in [0.29, 0.717) is 10.7 Å². The molecule has 1 nitrogen and oxygen atoms in total. The molecule has 0 radical (unpaired) electrons. The SMILES string of the molecule is Fc1ccc(Br)c2ccc(Cl)nc12. The number of halogens is 3. The number of pyridine rings is 1. The molecule has 1 heterocycles. The number of hydrogen-bond donors (Lipinski definition) is 0. The quantitative estimate of drug-likeness (QED) is 0.657. The minimum Gasteiger partial charge on any atom is -0.233 e. The highest BCUT2D eigenvalue weighted by atomic mass is 79.9. The van der Waals surface area contributed by atoms with Gasteiger partial charge in [0.2, 0.25) is 0 Å². The third-order valence-corrected chi connectivity index (χ3v) is 2.62. The largest absolute Gasteiger partial charge is 0.233 e. The van der Waals surface area contributed by atoms with Gasteiger partial charge in [0.1, 0.15) is 16.5 Å². The summed E-state index contributed by atoms with van der Waals surface area (Å²) in [6.07, 6.45) is 0. The zero-order valence-electron chi connectivity index (χ0n) is 6.39. The van der Waals surface area contributed by atoms with Crippen molar-refractivity contribution in [2.75, 3.05) is 0 Å². The highest BCUT2D eigenvalue weighted by Crippen LogP contribution is 2.25. The molecule has 0 aliphatic heterocycles. The third-order valence-electron chi connectivity index (χ3n) is 1.72. The minimum atomic E-state index is -0.360. The Labute approximate surface area is 87.7 Å². The van der Waals surface area contributed by atoms with Gasteiger partial charge in [-0.1, -0.05) is 27.5 Å². The maximum absolute atomic E-state index is 13.2. The molecule has 0 saturated carbocycles. The van der Waals surface area contributed by atoms with E-state index in [2.05, 4.69) is 20.9 Å². The smallest absolute Gasteiger partial charge is 0.149 e. The molecule has 1 aromatic carbocycles. The van der Waals surface area contributed by atoms with E-state index in [0.717, 1.165) is 9.86 Å². The summed E-state index contributed by atoms with van der Waals surface area (Å²) < 4.78 is 14.0. The predicted octanol–water partition coefficient (Wildman–Crippen LogP) is 3.79. The van der Waals surface area contributed by atoms with Gasteiger partial charge in [0.25, 0.3) is 0 Å². The zero-order valence-corrected chi connectivity index (χ0v) is 8.73. The van der Waals surface area contributed by atoms with Crippen molar-refractivity contribution in [3.63, 3.8) is 0 Å². The third kappa shape index (κ3) is 1.54. The van der Waals surface area contributed by atoms with Crippen molar-refractivity contribution in [2.24, 2.45) is 0 Å². The monoisotopic (exact) mass is 259 g/mol. The van der Waals surface area contributed by atoms with Crippen molar-refractivity contribution >= 4 is 38.4 Å². The Bertz CT molecular complexity index is 472. The van der Waals surface area contributed by atoms with E-state index in [1.807, 2.05) is 0 Å². The number of hydrogen-bond acceptors (Lipinski definition) is 1. The van der Waals surface area contributed by atoms with Crippen LogP contribution >= 0.6 is 27.5 Å². The van der Waals surface area contributed by atoms with Crippen LogP contribution in [-0.4, -0.2) is 4.98 Å². The summed E-state index contributed by atoms with van der Waals surface area (Å²) in [4.78, 5) is 3.90. The Morgan fingerprint density at radius 1 is 1.23 bits per heavy atom. The second-order valence-electron chi connectivity index (χ2n) is 2.56. The molecule has 0 aliphatic carbocycles. The number of nitrogens with zero attached hydrogens (tertiary/aromatic N) is 1. The molecule has 2 rings (SSSR count). The van der Waals surface area contributed by atoms with E-state index < -0.39 is 0 Å². The number of rotatable bonds is 0. The molecular weight excluding hydrogens is 256 g/mol. The first-order valence-electron chi connectivity index (χ1n) is 3.59. The van der Waals surface area contributed by atoms with E-state index in [9.17, 15) is 4.39 Å². The first kappa shape index (κ1) is 8.91. The Morgan fingerprint density at radius 2 is 2.00 bits per heavy atom. The molecule has 0 fully saturated rings. The molecule has 0 saturated heterocycles. The van der Waals surface area contributed by atoms with Crippen LogP contribution in [-0.2, 0) is 0 Å². The average Bonchev–Trinajstić information content (AvgIpc) is 2.12. The number of fused-ring (bicyclic) bond motifs is 1. The molecule has 1 aromatic heterocycles. The van der Waals surface area contributed by atoms with Gasteiger partial charge in [-0.05, 0) is 24.3 Å². The van der Waals surface area contributed by atoms with Crippen molar-refractivity contribution in [3.05, 3.63) is 39.7 Å². The van der Waals surface area contributed by atoms with Gasteiger partial charge in [-0.15, -0.1) is 0 Å². The van der Waals surface area contributed by atoms with Crippen LogP contribution in [0.3, 0.4) is 0 Å². The van der Waals surface area contributed by atoms with Crippen molar-refractivity contribution in [1.29, 1.82) is 0 Å².